The Hall–Kier alpha value is -3.18. The van der Waals surface area contributed by atoms with E-state index in [0.717, 1.165) is 27.9 Å². The number of H-pyrrole nitrogens is 1. The van der Waals surface area contributed by atoms with Crippen molar-refractivity contribution < 1.29 is 0 Å². The van der Waals surface area contributed by atoms with Crippen molar-refractivity contribution in [3.05, 3.63) is 55.0 Å². The summed E-state index contributed by atoms with van der Waals surface area (Å²) in [6.07, 6.45) is 17.8. The second kappa shape index (κ2) is 8.90. The molecule has 1 unspecified atom stereocenters. The first-order valence-corrected chi connectivity index (χ1v) is 11.5. The topological polar surface area (TPSA) is 96.1 Å². The van der Waals surface area contributed by atoms with Gasteiger partial charge in [0, 0.05) is 45.9 Å². The van der Waals surface area contributed by atoms with Crippen molar-refractivity contribution >= 4 is 22.8 Å². The molecule has 0 radical (unpaired) electrons. The van der Waals surface area contributed by atoms with Crippen molar-refractivity contribution in [3.63, 3.8) is 0 Å². The summed E-state index contributed by atoms with van der Waals surface area (Å²) >= 11 is 1.92. The van der Waals surface area contributed by atoms with Crippen molar-refractivity contribution in [3.8, 4) is 17.3 Å². The Balaban J connectivity index is 1.43. The highest BCUT2D eigenvalue weighted by Crippen LogP contribution is 2.35. The number of rotatable bonds is 6. The molecule has 4 heterocycles. The zero-order chi connectivity index (χ0) is 21.0. The van der Waals surface area contributed by atoms with Crippen LogP contribution in [0.5, 0.6) is 0 Å². The highest BCUT2D eigenvalue weighted by Gasteiger charge is 2.19. The van der Waals surface area contributed by atoms with Gasteiger partial charge in [-0.25, -0.2) is 9.97 Å². The number of hydrogen-bond donors (Lipinski definition) is 1. The molecule has 0 aliphatic heterocycles. The molecule has 1 N–H and O–H groups in total. The van der Waals surface area contributed by atoms with E-state index in [4.69, 9.17) is 0 Å². The summed E-state index contributed by atoms with van der Waals surface area (Å²) in [5.74, 6) is 0. The molecule has 1 atom stereocenters. The largest absolute Gasteiger partial charge is 0.346 e. The summed E-state index contributed by atoms with van der Waals surface area (Å²) in [4.78, 5) is 17.5. The summed E-state index contributed by atoms with van der Waals surface area (Å²) in [6.45, 7) is 0. The van der Waals surface area contributed by atoms with Crippen molar-refractivity contribution in [2.75, 3.05) is 0 Å². The third kappa shape index (κ3) is 4.19. The van der Waals surface area contributed by atoms with Crippen LogP contribution in [-0.2, 0) is 0 Å². The molecule has 1 fully saturated rings. The average Bonchev–Trinajstić information content (AvgIpc) is 3.48. The molecule has 5 rings (SSSR count). The van der Waals surface area contributed by atoms with Gasteiger partial charge in [0.05, 0.1) is 30.4 Å². The van der Waals surface area contributed by atoms with Gasteiger partial charge >= 0.3 is 0 Å². The van der Waals surface area contributed by atoms with Crippen LogP contribution in [0.25, 0.3) is 22.3 Å². The van der Waals surface area contributed by atoms with Crippen molar-refractivity contribution in [1.29, 1.82) is 5.26 Å². The van der Waals surface area contributed by atoms with E-state index in [-0.39, 0.29) is 6.04 Å². The molecule has 0 spiro atoms. The minimum absolute atomic E-state index is 0.193. The molecule has 1 aliphatic carbocycles. The van der Waals surface area contributed by atoms with Crippen LogP contribution in [-0.4, -0.2) is 35.0 Å². The lowest BCUT2D eigenvalue weighted by molar-refractivity contribution is 0.515. The first-order chi connectivity index (χ1) is 15.3. The minimum Gasteiger partial charge on any atom is -0.346 e. The van der Waals surface area contributed by atoms with Crippen molar-refractivity contribution in [1.82, 2.24) is 29.7 Å². The summed E-state index contributed by atoms with van der Waals surface area (Å²) in [5.41, 5.74) is 3.53. The second-order valence-electron chi connectivity index (χ2n) is 7.88. The van der Waals surface area contributed by atoms with Gasteiger partial charge in [-0.2, -0.15) is 10.4 Å². The van der Waals surface area contributed by atoms with Crippen molar-refractivity contribution in [2.24, 2.45) is 0 Å². The molecule has 31 heavy (non-hydrogen) atoms. The maximum atomic E-state index is 9.49. The maximum Gasteiger partial charge on any atom is 0.141 e. The molecule has 8 heteroatoms. The number of hydrogen-bond acceptors (Lipinski definition) is 6. The van der Waals surface area contributed by atoms with Gasteiger partial charge in [0.2, 0.25) is 0 Å². The lowest BCUT2D eigenvalue weighted by Gasteiger charge is -2.21. The van der Waals surface area contributed by atoms with Crippen LogP contribution in [0.2, 0.25) is 0 Å². The fourth-order valence-electron chi connectivity index (χ4n) is 4.24. The predicted octanol–water partition coefficient (Wildman–Crippen LogP) is 5.14. The number of nitrogens with zero attached hydrogens (tertiary/aromatic N) is 6. The molecule has 0 amide bonds. The molecular formula is C23H23N7S. The summed E-state index contributed by atoms with van der Waals surface area (Å²) in [5, 5.41) is 15.7. The van der Waals surface area contributed by atoms with E-state index >= 15 is 0 Å². The number of nitriles is 1. The average molecular weight is 430 g/mol. The first kappa shape index (κ1) is 19.8. The van der Waals surface area contributed by atoms with E-state index in [1.165, 1.54) is 37.0 Å². The second-order valence-corrected chi connectivity index (χ2v) is 9.25. The smallest absolute Gasteiger partial charge is 0.141 e. The molecule has 4 aromatic heterocycles. The van der Waals surface area contributed by atoms with E-state index in [0.29, 0.717) is 11.7 Å². The van der Waals surface area contributed by atoms with Gasteiger partial charge in [-0.3, -0.25) is 9.67 Å². The Bertz CT molecular complexity index is 1220. The van der Waals surface area contributed by atoms with Gasteiger partial charge in [0.1, 0.15) is 12.0 Å². The number of aromatic nitrogens is 6. The van der Waals surface area contributed by atoms with Gasteiger partial charge in [-0.1, -0.05) is 19.3 Å². The predicted molar refractivity (Wildman–Crippen MR) is 120 cm³/mol. The summed E-state index contributed by atoms with van der Waals surface area (Å²) in [7, 11) is 0. The normalized spacial score (nSPS) is 15.7. The molecule has 156 valence electrons. The number of pyridine rings is 1. The van der Waals surface area contributed by atoms with Crippen LogP contribution in [0.1, 0.15) is 50.1 Å². The zero-order valence-corrected chi connectivity index (χ0v) is 17.9. The lowest BCUT2D eigenvalue weighted by Crippen LogP contribution is -2.12. The Kier molecular flexibility index (Phi) is 5.67. The fraction of sp³-hybridized carbons (Fsp3) is 0.348. The van der Waals surface area contributed by atoms with E-state index in [9.17, 15) is 5.26 Å². The number of fused-ring (bicyclic) bond motifs is 1. The van der Waals surface area contributed by atoms with Gasteiger partial charge < -0.3 is 4.98 Å². The first-order valence-electron chi connectivity index (χ1n) is 10.6. The minimum atomic E-state index is -0.193. The van der Waals surface area contributed by atoms with Crippen LogP contribution in [0, 0.1) is 11.3 Å². The molecule has 0 aromatic carbocycles. The van der Waals surface area contributed by atoms with Crippen LogP contribution in [0.3, 0.4) is 0 Å². The molecule has 4 aromatic rings. The lowest BCUT2D eigenvalue weighted by atomic mass is 10.0. The molecule has 1 saturated carbocycles. The van der Waals surface area contributed by atoms with Crippen LogP contribution in [0.4, 0.5) is 0 Å². The molecule has 0 saturated heterocycles. The zero-order valence-electron chi connectivity index (χ0n) is 17.1. The number of thioether (sulfide) groups is 1. The van der Waals surface area contributed by atoms with E-state index in [2.05, 4.69) is 37.2 Å². The van der Waals surface area contributed by atoms with Gasteiger partial charge in [0.25, 0.3) is 0 Å². The molecule has 1 aliphatic rings. The maximum absolute atomic E-state index is 9.49. The Morgan fingerprint density at radius 2 is 2.10 bits per heavy atom. The van der Waals surface area contributed by atoms with E-state index in [1.807, 2.05) is 47.3 Å². The highest BCUT2D eigenvalue weighted by molar-refractivity contribution is 8.00. The monoisotopic (exact) mass is 429 g/mol. The molecule has 7 nitrogen and oxygen atoms in total. The van der Waals surface area contributed by atoms with Gasteiger partial charge in [-0.15, -0.1) is 11.8 Å². The van der Waals surface area contributed by atoms with E-state index < -0.39 is 0 Å². The molecular weight excluding hydrogens is 406 g/mol. The third-order valence-electron chi connectivity index (χ3n) is 5.81. The Labute approximate surface area is 184 Å². The molecule has 0 bridgehead atoms. The third-order valence-corrected chi connectivity index (χ3v) is 7.11. The van der Waals surface area contributed by atoms with Crippen molar-refractivity contribution in [2.45, 2.75) is 54.7 Å². The number of nitrogens with one attached hydrogen (secondary N) is 1. The van der Waals surface area contributed by atoms with Gasteiger partial charge in [0.15, 0.2) is 0 Å². The standard InChI is InChI=1S/C23H23N7S/c24-8-6-21(16-10-19(13-25-11-16)31-18-4-2-1-3-5-18)30-14-17(12-29-30)22-20-7-9-26-23(20)28-15-27-22/h7,9-15,18,21H,1-6H2,(H,26,27,28). The quantitative estimate of drug-likeness (QED) is 0.456. The van der Waals surface area contributed by atoms with E-state index in [1.54, 1.807) is 12.5 Å². The van der Waals surface area contributed by atoms with Crippen LogP contribution >= 0.6 is 11.8 Å². The summed E-state index contributed by atoms with van der Waals surface area (Å²) < 4.78 is 1.85. The fourth-order valence-corrected chi connectivity index (χ4v) is 5.52. The highest BCUT2D eigenvalue weighted by atomic mass is 32.2. The number of aromatic amines is 1. The SMILES string of the molecule is N#CCC(c1cncc(SC2CCCCC2)c1)n1cc(-c2ncnc3[nH]ccc23)cn1. The Morgan fingerprint density at radius 3 is 2.97 bits per heavy atom. The summed E-state index contributed by atoms with van der Waals surface area (Å²) in [6, 6.07) is 6.26. The Morgan fingerprint density at radius 1 is 1.19 bits per heavy atom. The van der Waals surface area contributed by atoms with Gasteiger partial charge in [-0.05, 0) is 30.5 Å². The van der Waals surface area contributed by atoms with Crippen LogP contribution < -0.4 is 0 Å². The van der Waals surface area contributed by atoms with Crippen LogP contribution in [0.15, 0.2) is 54.3 Å².